The van der Waals surface area contributed by atoms with Gasteiger partial charge in [0, 0.05) is 3.57 Å². The topological polar surface area (TPSA) is 25.2 Å². The van der Waals surface area contributed by atoms with E-state index in [1.807, 2.05) is 26.1 Å². The minimum Gasteiger partial charge on any atom is -0.464 e. The average molecular weight is 345 g/mol. The van der Waals surface area contributed by atoms with Crippen molar-refractivity contribution >= 4 is 22.6 Å². The van der Waals surface area contributed by atoms with Crippen molar-refractivity contribution in [3.63, 3.8) is 0 Å². The van der Waals surface area contributed by atoms with Gasteiger partial charge < -0.3 is 9.73 Å². The monoisotopic (exact) mass is 345 g/mol. The molecule has 2 rings (SSSR count). The molecule has 0 radical (unpaired) electrons. The summed E-state index contributed by atoms with van der Waals surface area (Å²) in [5.41, 5.74) is 1.02. The first-order valence-electron chi connectivity index (χ1n) is 5.30. The van der Waals surface area contributed by atoms with Crippen molar-refractivity contribution in [1.29, 1.82) is 0 Å². The molecule has 0 aliphatic rings. The zero-order chi connectivity index (χ0) is 12.4. The fourth-order valence-electron chi connectivity index (χ4n) is 1.80. The van der Waals surface area contributed by atoms with Crippen molar-refractivity contribution in [2.75, 3.05) is 7.05 Å². The molecule has 2 nitrogen and oxygen atoms in total. The molecule has 0 aliphatic heterocycles. The van der Waals surface area contributed by atoms with Crippen molar-refractivity contribution in [1.82, 2.24) is 5.32 Å². The largest absolute Gasteiger partial charge is 0.464 e. The molecule has 0 saturated carbocycles. The quantitative estimate of drug-likeness (QED) is 0.860. The van der Waals surface area contributed by atoms with Crippen LogP contribution in [0.15, 0.2) is 34.7 Å². The normalized spacial score (nSPS) is 12.7. The standard InChI is InChI=1S/C13H13FINO/c1-8-3-6-12(17-8)13(16-2)10-5-4-9(14)7-11(10)15/h3-7,13,16H,1-2H3. The summed E-state index contributed by atoms with van der Waals surface area (Å²) < 4.78 is 19.6. The first-order chi connectivity index (χ1) is 8.11. The molecule has 0 fully saturated rings. The number of aryl methyl sites for hydroxylation is 1. The third-order valence-corrected chi connectivity index (χ3v) is 3.54. The van der Waals surface area contributed by atoms with Gasteiger partial charge in [0.15, 0.2) is 0 Å². The maximum Gasteiger partial charge on any atom is 0.125 e. The summed E-state index contributed by atoms with van der Waals surface area (Å²) in [6.07, 6.45) is 0. The highest BCUT2D eigenvalue weighted by atomic mass is 127. The lowest BCUT2D eigenvalue weighted by molar-refractivity contribution is 0.443. The number of rotatable bonds is 3. The lowest BCUT2D eigenvalue weighted by atomic mass is 10.0. The Kier molecular flexibility index (Phi) is 3.83. The minimum atomic E-state index is -0.219. The fourth-order valence-corrected chi connectivity index (χ4v) is 2.58. The van der Waals surface area contributed by atoms with Crippen LogP contribution < -0.4 is 5.32 Å². The van der Waals surface area contributed by atoms with Gasteiger partial charge in [-0.05, 0) is 66.4 Å². The second-order valence-corrected chi connectivity index (χ2v) is 5.00. The van der Waals surface area contributed by atoms with Gasteiger partial charge in [0.2, 0.25) is 0 Å². The van der Waals surface area contributed by atoms with Crippen LogP contribution in [0.1, 0.15) is 23.1 Å². The Morgan fingerprint density at radius 2 is 2.06 bits per heavy atom. The lowest BCUT2D eigenvalue weighted by Crippen LogP contribution is -2.18. The van der Waals surface area contributed by atoms with Gasteiger partial charge in [0.25, 0.3) is 0 Å². The summed E-state index contributed by atoms with van der Waals surface area (Å²) in [4.78, 5) is 0. The van der Waals surface area contributed by atoms with Gasteiger partial charge >= 0.3 is 0 Å². The molecule has 90 valence electrons. The van der Waals surface area contributed by atoms with E-state index in [2.05, 4.69) is 27.9 Å². The van der Waals surface area contributed by atoms with E-state index in [-0.39, 0.29) is 11.9 Å². The zero-order valence-electron chi connectivity index (χ0n) is 9.63. The molecule has 0 aliphatic carbocycles. The van der Waals surface area contributed by atoms with Gasteiger partial charge in [-0.25, -0.2) is 4.39 Å². The van der Waals surface area contributed by atoms with Gasteiger partial charge in [-0.15, -0.1) is 0 Å². The van der Waals surface area contributed by atoms with Crippen molar-refractivity contribution < 1.29 is 8.81 Å². The van der Waals surface area contributed by atoms with Crippen molar-refractivity contribution in [3.8, 4) is 0 Å². The second-order valence-electron chi connectivity index (χ2n) is 3.84. The molecular weight excluding hydrogens is 332 g/mol. The molecule has 1 atom stereocenters. The lowest BCUT2D eigenvalue weighted by Gasteiger charge is -2.15. The van der Waals surface area contributed by atoms with E-state index in [1.165, 1.54) is 12.1 Å². The third-order valence-electron chi connectivity index (χ3n) is 2.61. The summed E-state index contributed by atoms with van der Waals surface area (Å²) in [7, 11) is 1.86. The maximum absolute atomic E-state index is 13.1. The smallest absolute Gasteiger partial charge is 0.125 e. The summed E-state index contributed by atoms with van der Waals surface area (Å²) in [6, 6.07) is 8.60. The molecule has 4 heteroatoms. The predicted octanol–water partition coefficient (Wildman–Crippen LogP) is 3.64. The van der Waals surface area contributed by atoms with E-state index in [0.29, 0.717) is 0 Å². The van der Waals surface area contributed by atoms with E-state index >= 15 is 0 Å². The van der Waals surface area contributed by atoms with Crippen molar-refractivity contribution in [2.24, 2.45) is 0 Å². The Hall–Kier alpha value is -0.880. The SMILES string of the molecule is CNC(c1ccc(C)o1)c1ccc(F)cc1I. The van der Waals surface area contributed by atoms with E-state index in [4.69, 9.17) is 4.42 Å². The van der Waals surface area contributed by atoms with Gasteiger partial charge in [-0.1, -0.05) is 6.07 Å². The molecule has 0 saturated heterocycles. The van der Waals surface area contributed by atoms with Crippen LogP contribution >= 0.6 is 22.6 Å². The molecule has 1 N–H and O–H groups in total. The second kappa shape index (κ2) is 5.18. The van der Waals surface area contributed by atoms with Crippen LogP contribution in [-0.2, 0) is 0 Å². The summed E-state index contributed by atoms with van der Waals surface area (Å²) in [6.45, 7) is 1.91. The van der Waals surface area contributed by atoms with Crippen LogP contribution in [0.25, 0.3) is 0 Å². The highest BCUT2D eigenvalue weighted by Gasteiger charge is 2.18. The van der Waals surface area contributed by atoms with Crippen LogP contribution in [0.5, 0.6) is 0 Å². The van der Waals surface area contributed by atoms with E-state index in [0.717, 1.165) is 20.7 Å². The molecule has 1 aromatic carbocycles. The van der Waals surface area contributed by atoms with Crippen LogP contribution in [-0.4, -0.2) is 7.05 Å². The van der Waals surface area contributed by atoms with Crippen molar-refractivity contribution in [3.05, 3.63) is 56.8 Å². The zero-order valence-corrected chi connectivity index (χ0v) is 11.8. The number of hydrogen-bond acceptors (Lipinski definition) is 2. The van der Waals surface area contributed by atoms with Gasteiger partial charge in [-0.2, -0.15) is 0 Å². The fraction of sp³-hybridized carbons (Fsp3) is 0.231. The summed E-state index contributed by atoms with van der Waals surface area (Å²) in [5.74, 6) is 1.50. The molecule has 0 bridgehead atoms. The molecule has 0 spiro atoms. The van der Waals surface area contributed by atoms with E-state index in [1.54, 1.807) is 6.07 Å². The number of halogens is 2. The van der Waals surface area contributed by atoms with Gasteiger partial charge in [-0.3, -0.25) is 0 Å². The summed E-state index contributed by atoms with van der Waals surface area (Å²) >= 11 is 2.14. The number of hydrogen-bond donors (Lipinski definition) is 1. The highest BCUT2D eigenvalue weighted by molar-refractivity contribution is 14.1. The van der Waals surface area contributed by atoms with Crippen LogP contribution in [0.3, 0.4) is 0 Å². The molecular formula is C13H13FINO. The minimum absolute atomic E-state index is 0.0452. The highest BCUT2D eigenvalue weighted by Crippen LogP contribution is 2.27. The predicted molar refractivity (Wildman–Crippen MR) is 73.5 cm³/mol. The number of furan rings is 1. The molecule has 1 unspecified atom stereocenters. The molecule has 2 aromatic rings. The molecule has 1 aromatic heterocycles. The Labute approximate surface area is 113 Å². The van der Waals surface area contributed by atoms with E-state index < -0.39 is 0 Å². The Morgan fingerprint density at radius 3 is 2.59 bits per heavy atom. The number of nitrogens with one attached hydrogen (secondary N) is 1. The van der Waals surface area contributed by atoms with Gasteiger partial charge in [0.1, 0.15) is 17.3 Å². The molecule has 0 amide bonds. The maximum atomic E-state index is 13.1. The van der Waals surface area contributed by atoms with Crippen LogP contribution in [0.4, 0.5) is 4.39 Å². The average Bonchev–Trinajstić information content (AvgIpc) is 2.69. The van der Waals surface area contributed by atoms with Crippen LogP contribution in [0.2, 0.25) is 0 Å². The molecule has 1 heterocycles. The summed E-state index contributed by atoms with van der Waals surface area (Å²) in [5, 5.41) is 3.19. The first-order valence-corrected chi connectivity index (χ1v) is 6.38. The first kappa shape index (κ1) is 12.6. The van der Waals surface area contributed by atoms with Crippen molar-refractivity contribution in [2.45, 2.75) is 13.0 Å². The Morgan fingerprint density at radius 1 is 1.29 bits per heavy atom. The Balaban J connectivity index is 2.42. The third kappa shape index (κ3) is 2.69. The number of benzene rings is 1. The van der Waals surface area contributed by atoms with Crippen LogP contribution in [0, 0.1) is 16.3 Å². The van der Waals surface area contributed by atoms with E-state index in [9.17, 15) is 4.39 Å². The Bertz CT molecular complexity index is 524. The molecule has 17 heavy (non-hydrogen) atoms. The van der Waals surface area contributed by atoms with Gasteiger partial charge in [0.05, 0.1) is 6.04 Å².